The summed E-state index contributed by atoms with van der Waals surface area (Å²) in [4.78, 5) is 21.6. The first-order valence-corrected chi connectivity index (χ1v) is 11.6. The Morgan fingerprint density at radius 1 is 1.06 bits per heavy atom. The van der Waals surface area contributed by atoms with E-state index in [9.17, 15) is 9.18 Å². The molecule has 7 nitrogen and oxygen atoms in total. The van der Waals surface area contributed by atoms with Gasteiger partial charge in [0.05, 0.1) is 19.9 Å². The van der Waals surface area contributed by atoms with Crippen LogP contribution >= 0.6 is 0 Å². The number of carbonyl (C=O) groups is 1. The number of amides is 1. The number of rotatable bonds is 5. The van der Waals surface area contributed by atoms with E-state index in [2.05, 4.69) is 15.6 Å². The van der Waals surface area contributed by atoms with Crippen LogP contribution in [0.15, 0.2) is 48.7 Å². The molecule has 8 heteroatoms. The summed E-state index contributed by atoms with van der Waals surface area (Å²) < 4.78 is 27.1. The lowest BCUT2D eigenvalue weighted by molar-refractivity contribution is 0.0741. The highest BCUT2D eigenvalue weighted by atomic mass is 19.1. The van der Waals surface area contributed by atoms with E-state index in [1.165, 1.54) is 6.07 Å². The van der Waals surface area contributed by atoms with Gasteiger partial charge in [-0.15, -0.1) is 0 Å². The first kappa shape index (κ1) is 22.3. The molecule has 3 heterocycles. The minimum Gasteiger partial charge on any atom is -0.497 e. The third kappa shape index (κ3) is 4.20. The van der Waals surface area contributed by atoms with Crippen LogP contribution in [0.4, 0.5) is 10.1 Å². The number of methoxy groups -OCH3 is 2. The quantitative estimate of drug-likeness (QED) is 0.576. The highest BCUT2D eigenvalue weighted by Crippen LogP contribution is 2.36. The second kappa shape index (κ2) is 9.37. The van der Waals surface area contributed by atoms with Gasteiger partial charge in [-0.3, -0.25) is 4.79 Å². The van der Waals surface area contributed by atoms with Crippen molar-refractivity contribution in [3.63, 3.8) is 0 Å². The molecule has 2 aliphatic rings. The number of aromatic nitrogens is 2. The van der Waals surface area contributed by atoms with Gasteiger partial charge in [0.25, 0.3) is 5.91 Å². The number of imidazole rings is 1. The first-order chi connectivity index (χ1) is 16.6. The van der Waals surface area contributed by atoms with Gasteiger partial charge < -0.3 is 23.8 Å². The Bertz CT molecular complexity index is 1190. The maximum atomic E-state index is 14.1. The average Bonchev–Trinajstić information content (AvgIpc) is 3.32. The van der Waals surface area contributed by atoms with Gasteiger partial charge in [-0.05, 0) is 30.2 Å². The van der Waals surface area contributed by atoms with E-state index in [0.29, 0.717) is 37.6 Å². The summed E-state index contributed by atoms with van der Waals surface area (Å²) in [5.41, 5.74) is 2.21. The molecule has 2 aliphatic heterocycles. The molecule has 1 aromatic heterocycles. The zero-order valence-electron chi connectivity index (χ0n) is 19.5. The molecule has 178 valence electrons. The predicted octanol–water partition coefficient (Wildman–Crippen LogP) is 3.73. The number of fused-ring (bicyclic) bond motifs is 1. The molecule has 3 aromatic rings. The number of piperazine rings is 1. The van der Waals surface area contributed by atoms with Crippen molar-refractivity contribution >= 4 is 11.6 Å². The average molecular weight is 465 g/mol. The van der Waals surface area contributed by atoms with Gasteiger partial charge in [-0.1, -0.05) is 18.2 Å². The number of ether oxygens (including phenoxy) is 2. The van der Waals surface area contributed by atoms with Crippen LogP contribution in [0.1, 0.15) is 34.2 Å². The number of aryl methyl sites for hydroxylation is 1. The molecule has 5 rings (SSSR count). The number of hydrogen-bond donors (Lipinski definition) is 0. The van der Waals surface area contributed by atoms with E-state index in [4.69, 9.17) is 9.47 Å². The minimum absolute atomic E-state index is 0.0614. The van der Waals surface area contributed by atoms with Gasteiger partial charge in [0.15, 0.2) is 0 Å². The molecule has 1 atom stereocenters. The molecule has 2 aromatic carbocycles. The SMILES string of the molecule is COc1ccc(C2CCc3nc(C(=O)N4CCN(c5ccccc5F)CC4)cn3C2)c(OC)c1. The van der Waals surface area contributed by atoms with Gasteiger partial charge in [0, 0.05) is 57.3 Å². The van der Waals surface area contributed by atoms with Crippen molar-refractivity contribution in [1.82, 2.24) is 14.5 Å². The van der Waals surface area contributed by atoms with Crippen LogP contribution < -0.4 is 14.4 Å². The normalized spacial score (nSPS) is 17.9. The van der Waals surface area contributed by atoms with Crippen LogP contribution in [0.25, 0.3) is 0 Å². The molecule has 0 saturated carbocycles. The minimum atomic E-state index is -0.230. The van der Waals surface area contributed by atoms with Crippen LogP contribution in [0.5, 0.6) is 11.5 Å². The van der Waals surface area contributed by atoms with Crippen LogP contribution in [-0.4, -0.2) is 60.8 Å². The van der Waals surface area contributed by atoms with E-state index < -0.39 is 0 Å². The smallest absolute Gasteiger partial charge is 0.274 e. The summed E-state index contributed by atoms with van der Waals surface area (Å²) in [7, 11) is 3.32. The number of hydrogen-bond acceptors (Lipinski definition) is 5. The number of halogens is 1. The fourth-order valence-electron chi connectivity index (χ4n) is 4.98. The molecule has 1 fully saturated rings. The Kier molecular flexibility index (Phi) is 6.13. The van der Waals surface area contributed by atoms with E-state index in [1.54, 1.807) is 26.4 Å². The molecular weight excluding hydrogens is 435 g/mol. The van der Waals surface area contributed by atoms with E-state index in [-0.39, 0.29) is 17.6 Å². The third-order valence-corrected chi connectivity index (χ3v) is 6.85. The molecule has 0 aliphatic carbocycles. The number of para-hydroxylation sites is 1. The van der Waals surface area contributed by atoms with Gasteiger partial charge in [-0.25, -0.2) is 9.37 Å². The Hall–Kier alpha value is -3.55. The van der Waals surface area contributed by atoms with Crippen molar-refractivity contribution in [2.24, 2.45) is 0 Å². The maximum absolute atomic E-state index is 14.1. The number of nitrogens with zero attached hydrogens (tertiary/aromatic N) is 4. The summed E-state index contributed by atoms with van der Waals surface area (Å²) in [5.74, 6) is 2.51. The third-order valence-electron chi connectivity index (χ3n) is 6.85. The Morgan fingerprint density at radius 2 is 1.85 bits per heavy atom. The number of anilines is 1. The van der Waals surface area contributed by atoms with Gasteiger partial charge >= 0.3 is 0 Å². The molecule has 1 saturated heterocycles. The Balaban J connectivity index is 1.26. The van der Waals surface area contributed by atoms with Crippen molar-refractivity contribution in [1.29, 1.82) is 0 Å². The van der Waals surface area contributed by atoms with Crippen molar-refractivity contribution in [3.05, 3.63) is 71.6 Å². The number of benzene rings is 2. The van der Waals surface area contributed by atoms with Crippen molar-refractivity contribution in [3.8, 4) is 11.5 Å². The summed E-state index contributed by atoms with van der Waals surface area (Å²) in [5, 5.41) is 0. The van der Waals surface area contributed by atoms with Gasteiger partial charge in [0.2, 0.25) is 0 Å². The monoisotopic (exact) mass is 464 g/mol. The molecule has 0 bridgehead atoms. The van der Waals surface area contributed by atoms with E-state index in [1.807, 2.05) is 34.2 Å². The lowest BCUT2D eigenvalue weighted by atomic mass is 9.91. The largest absolute Gasteiger partial charge is 0.497 e. The maximum Gasteiger partial charge on any atom is 0.274 e. The van der Waals surface area contributed by atoms with Crippen molar-refractivity contribution < 1.29 is 18.7 Å². The fourth-order valence-corrected chi connectivity index (χ4v) is 4.98. The zero-order valence-corrected chi connectivity index (χ0v) is 19.5. The molecule has 0 radical (unpaired) electrons. The lowest BCUT2D eigenvalue weighted by Crippen LogP contribution is -2.49. The summed E-state index contributed by atoms with van der Waals surface area (Å²) >= 11 is 0. The van der Waals surface area contributed by atoms with Crippen LogP contribution in [0.2, 0.25) is 0 Å². The molecule has 0 spiro atoms. The second-order valence-corrected chi connectivity index (χ2v) is 8.77. The molecule has 1 amide bonds. The standard InChI is InChI=1S/C26H29FN4O3/c1-33-19-8-9-20(24(15-19)34-2)18-7-10-25-28-22(17-31(25)16-18)26(32)30-13-11-29(12-14-30)23-6-4-3-5-21(23)27/h3-6,8-9,15,17-18H,7,10-14,16H2,1-2H3. The zero-order chi connectivity index (χ0) is 23.7. The van der Waals surface area contributed by atoms with Crippen LogP contribution in [0.3, 0.4) is 0 Å². The van der Waals surface area contributed by atoms with Gasteiger partial charge in [-0.2, -0.15) is 0 Å². The Morgan fingerprint density at radius 3 is 2.59 bits per heavy atom. The van der Waals surface area contributed by atoms with Crippen LogP contribution in [-0.2, 0) is 13.0 Å². The van der Waals surface area contributed by atoms with E-state index in [0.717, 1.165) is 42.3 Å². The molecular formula is C26H29FN4O3. The predicted molar refractivity (Wildman–Crippen MR) is 127 cm³/mol. The van der Waals surface area contributed by atoms with Crippen molar-refractivity contribution in [2.75, 3.05) is 45.3 Å². The van der Waals surface area contributed by atoms with E-state index >= 15 is 0 Å². The molecule has 0 N–H and O–H groups in total. The lowest BCUT2D eigenvalue weighted by Gasteiger charge is -2.35. The highest BCUT2D eigenvalue weighted by Gasteiger charge is 2.29. The van der Waals surface area contributed by atoms with Gasteiger partial charge in [0.1, 0.15) is 28.8 Å². The number of carbonyl (C=O) groups excluding carboxylic acids is 1. The summed E-state index contributed by atoms with van der Waals surface area (Å²) in [6.07, 6.45) is 3.62. The Labute approximate surface area is 198 Å². The first-order valence-electron chi connectivity index (χ1n) is 11.6. The summed E-state index contributed by atoms with van der Waals surface area (Å²) in [6.45, 7) is 3.03. The highest BCUT2D eigenvalue weighted by molar-refractivity contribution is 5.92. The topological polar surface area (TPSA) is 59.8 Å². The second-order valence-electron chi connectivity index (χ2n) is 8.77. The molecule has 1 unspecified atom stereocenters. The molecule has 34 heavy (non-hydrogen) atoms. The van der Waals surface area contributed by atoms with Crippen molar-refractivity contribution in [2.45, 2.75) is 25.3 Å². The summed E-state index contributed by atoms with van der Waals surface area (Å²) in [6, 6.07) is 12.7. The fraction of sp³-hybridized carbons (Fsp3) is 0.385. The van der Waals surface area contributed by atoms with Crippen LogP contribution in [0, 0.1) is 5.82 Å².